The highest BCUT2D eigenvalue weighted by Gasteiger charge is 2.25. The van der Waals surface area contributed by atoms with Crippen LogP contribution in [0, 0.1) is 10.1 Å². The molecule has 1 aliphatic rings. The van der Waals surface area contributed by atoms with E-state index in [9.17, 15) is 14.9 Å². The van der Waals surface area contributed by atoms with Crippen LogP contribution in [0.3, 0.4) is 0 Å². The smallest absolute Gasteiger partial charge is 0.324 e. The fourth-order valence-electron chi connectivity index (χ4n) is 1.84. The molecule has 6 nitrogen and oxygen atoms in total. The molecule has 92 valence electrons. The van der Waals surface area contributed by atoms with Crippen LogP contribution in [0.4, 0.5) is 5.00 Å². The third-order valence-corrected chi connectivity index (χ3v) is 3.65. The average molecular weight is 255 g/mol. The predicted molar refractivity (Wildman–Crippen MR) is 64.3 cm³/mol. The van der Waals surface area contributed by atoms with Crippen molar-refractivity contribution in [2.24, 2.45) is 0 Å². The number of amides is 1. The fourth-order valence-corrected chi connectivity index (χ4v) is 2.54. The third kappa shape index (κ3) is 2.45. The van der Waals surface area contributed by atoms with E-state index in [2.05, 4.69) is 5.32 Å². The highest BCUT2D eigenvalue weighted by molar-refractivity contribution is 7.13. The van der Waals surface area contributed by atoms with Crippen molar-refractivity contribution in [1.82, 2.24) is 10.2 Å². The maximum Gasteiger partial charge on any atom is 0.324 e. The molecule has 1 aliphatic heterocycles. The molecule has 1 N–H and O–H groups in total. The maximum atomic E-state index is 12.1. The summed E-state index contributed by atoms with van der Waals surface area (Å²) in [6.45, 7) is 4.13. The van der Waals surface area contributed by atoms with Crippen LogP contribution in [0.2, 0.25) is 0 Å². The van der Waals surface area contributed by atoms with E-state index in [0.29, 0.717) is 12.1 Å². The molecule has 0 unspecified atom stereocenters. The Morgan fingerprint density at radius 1 is 1.71 bits per heavy atom. The normalized spacial score (nSPS) is 20.3. The van der Waals surface area contributed by atoms with E-state index >= 15 is 0 Å². The first kappa shape index (κ1) is 12.0. The van der Waals surface area contributed by atoms with Gasteiger partial charge in [-0.25, -0.2) is 0 Å². The van der Waals surface area contributed by atoms with Crippen LogP contribution in [-0.2, 0) is 0 Å². The molecule has 0 aliphatic carbocycles. The number of nitrogens with one attached hydrogen (secondary N) is 1. The lowest BCUT2D eigenvalue weighted by molar-refractivity contribution is -0.380. The van der Waals surface area contributed by atoms with Gasteiger partial charge in [-0.15, -0.1) is 0 Å². The summed E-state index contributed by atoms with van der Waals surface area (Å²) in [6, 6.07) is 1.47. The SMILES string of the molecule is C[C@H]1CNCCN1C(=O)c1csc([N+](=O)[O-])c1. The minimum atomic E-state index is -0.470. The molecule has 7 heteroatoms. The zero-order chi connectivity index (χ0) is 12.4. The lowest BCUT2D eigenvalue weighted by Gasteiger charge is -2.33. The van der Waals surface area contributed by atoms with Gasteiger partial charge in [0.2, 0.25) is 0 Å². The number of piperazine rings is 1. The van der Waals surface area contributed by atoms with E-state index < -0.39 is 4.92 Å². The minimum absolute atomic E-state index is 0.0103. The van der Waals surface area contributed by atoms with Crippen molar-refractivity contribution in [1.29, 1.82) is 0 Å². The van der Waals surface area contributed by atoms with Crippen LogP contribution in [0.1, 0.15) is 17.3 Å². The standard InChI is InChI=1S/C10H13N3O3S/c1-7-5-11-2-3-12(7)10(14)8-4-9(13(15)16)17-6-8/h4,6-7,11H,2-3,5H2,1H3/t7-/m0/s1. The predicted octanol–water partition coefficient (Wildman–Crippen LogP) is 1.09. The number of hydrogen-bond acceptors (Lipinski definition) is 5. The molecule has 1 aromatic heterocycles. The van der Waals surface area contributed by atoms with E-state index in [1.54, 1.807) is 10.3 Å². The van der Waals surface area contributed by atoms with Crippen molar-refractivity contribution in [3.05, 3.63) is 27.1 Å². The Bertz CT molecular complexity index is 446. The van der Waals surface area contributed by atoms with Gasteiger partial charge < -0.3 is 10.2 Å². The molecule has 1 saturated heterocycles. The van der Waals surface area contributed by atoms with Gasteiger partial charge in [0, 0.05) is 37.1 Å². The van der Waals surface area contributed by atoms with Crippen LogP contribution in [0.5, 0.6) is 0 Å². The first-order valence-corrected chi connectivity index (χ1v) is 6.22. The maximum absolute atomic E-state index is 12.1. The van der Waals surface area contributed by atoms with Gasteiger partial charge >= 0.3 is 5.00 Å². The van der Waals surface area contributed by atoms with Crippen molar-refractivity contribution < 1.29 is 9.72 Å². The largest absolute Gasteiger partial charge is 0.333 e. The topological polar surface area (TPSA) is 75.5 Å². The molecule has 1 atom stereocenters. The number of carbonyl (C=O) groups excluding carboxylic acids is 1. The monoisotopic (exact) mass is 255 g/mol. The first-order valence-electron chi connectivity index (χ1n) is 5.34. The Morgan fingerprint density at radius 3 is 3.06 bits per heavy atom. The molecule has 0 aromatic carbocycles. The zero-order valence-electron chi connectivity index (χ0n) is 9.38. The Hall–Kier alpha value is -1.47. The van der Waals surface area contributed by atoms with Crippen molar-refractivity contribution in [3.8, 4) is 0 Å². The Balaban J connectivity index is 2.15. The van der Waals surface area contributed by atoms with Crippen LogP contribution in [0.15, 0.2) is 11.4 Å². The lowest BCUT2D eigenvalue weighted by atomic mass is 10.2. The summed E-state index contributed by atoms with van der Waals surface area (Å²) < 4.78 is 0. The number of nitrogens with zero attached hydrogens (tertiary/aromatic N) is 2. The second-order valence-corrected chi connectivity index (χ2v) is 4.87. The molecule has 0 radical (unpaired) electrons. The van der Waals surface area contributed by atoms with Crippen molar-refractivity contribution in [2.75, 3.05) is 19.6 Å². The number of rotatable bonds is 2. The van der Waals surface area contributed by atoms with Gasteiger partial charge in [0.05, 0.1) is 10.5 Å². The van der Waals surface area contributed by atoms with Gasteiger partial charge in [-0.1, -0.05) is 11.3 Å². The summed E-state index contributed by atoms with van der Waals surface area (Å²) in [4.78, 5) is 24.0. The number of thiophene rings is 1. The highest BCUT2D eigenvalue weighted by Crippen LogP contribution is 2.24. The van der Waals surface area contributed by atoms with Gasteiger partial charge in [-0.2, -0.15) is 0 Å². The number of nitro groups is 1. The lowest BCUT2D eigenvalue weighted by Crippen LogP contribution is -2.52. The number of carbonyl (C=O) groups is 1. The first-order chi connectivity index (χ1) is 8.09. The Morgan fingerprint density at radius 2 is 2.47 bits per heavy atom. The van der Waals surface area contributed by atoms with Crippen LogP contribution < -0.4 is 5.32 Å². The average Bonchev–Trinajstić information content (AvgIpc) is 2.78. The van der Waals surface area contributed by atoms with Crippen LogP contribution in [-0.4, -0.2) is 41.4 Å². The van der Waals surface area contributed by atoms with E-state index in [1.807, 2.05) is 6.92 Å². The van der Waals surface area contributed by atoms with Crippen molar-refractivity contribution in [3.63, 3.8) is 0 Å². The number of hydrogen-bond donors (Lipinski definition) is 1. The summed E-state index contributed by atoms with van der Waals surface area (Å²) in [5.74, 6) is -0.122. The summed E-state index contributed by atoms with van der Waals surface area (Å²) in [6.07, 6.45) is 0. The molecule has 1 fully saturated rings. The third-order valence-electron chi connectivity index (χ3n) is 2.77. The second-order valence-electron chi connectivity index (χ2n) is 3.98. The second kappa shape index (κ2) is 4.80. The molecule has 0 spiro atoms. The highest BCUT2D eigenvalue weighted by atomic mass is 32.1. The van der Waals surface area contributed by atoms with E-state index in [1.165, 1.54) is 6.07 Å². The molecule has 2 heterocycles. The minimum Gasteiger partial charge on any atom is -0.333 e. The van der Waals surface area contributed by atoms with E-state index in [0.717, 1.165) is 24.4 Å². The van der Waals surface area contributed by atoms with Gasteiger partial charge in [0.25, 0.3) is 5.91 Å². The molecule has 2 rings (SSSR count). The molecular formula is C10H13N3O3S. The summed E-state index contributed by atoms with van der Waals surface area (Å²) >= 11 is 0.989. The summed E-state index contributed by atoms with van der Waals surface area (Å²) in [5, 5.41) is 15.3. The summed E-state index contributed by atoms with van der Waals surface area (Å²) in [5.41, 5.74) is 0.412. The van der Waals surface area contributed by atoms with Gasteiger partial charge in [-0.3, -0.25) is 14.9 Å². The molecule has 0 bridgehead atoms. The summed E-state index contributed by atoms with van der Waals surface area (Å²) in [7, 11) is 0. The Kier molecular flexibility index (Phi) is 3.39. The quantitative estimate of drug-likeness (QED) is 0.634. The molecular weight excluding hydrogens is 242 g/mol. The molecule has 1 amide bonds. The van der Waals surface area contributed by atoms with E-state index in [4.69, 9.17) is 0 Å². The molecule has 17 heavy (non-hydrogen) atoms. The van der Waals surface area contributed by atoms with Crippen molar-refractivity contribution in [2.45, 2.75) is 13.0 Å². The van der Waals surface area contributed by atoms with Crippen LogP contribution >= 0.6 is 11.3 Å². The van der Waals surface area contributed by atoms with Gasteiger partial charge in [-0.05, 0) is 6.92 Å². The van der Waals surface area contributed by atoms with Crippen molar-refractivity contribution >= 4 is 22.2 Å². The Labute approximate surface area is 102 Å². The fraction of sp³-hybridized carbons (Fsp3) is 0.500. The van der Waals surface area contributed by atoms with Gasteiger partial charge in [0.15, 0.2) is 0 Å². The molecule has 0 saturated carbocycles. The van der Waals surface area contributed by atoms with Gasteiger partial charge in [0.1, 0.15) is 0 Å². The van der Waals surface area contributed by atoms with Crippen LogP contribution in [0.25, 0.3) is 0 Å². The zero-order valence-corrected chi connectivity index (χ0v) is 10.2. The molecule has 1 aromatic rings. The van der Waals surface area contributed by atoms with E-state index in [-0.39, 0.29) is 17.0 Å².